The standard InChI is InChI=1S/C18H28/c1-12-11-18-15-8-4-5-13(15)9-10-17(18)16-7-3-2-6-14(12)16/h6,12-13,15-18H,2-5,7-11H2,1H3/t12-,13-,15+,16-,17+,18-/m0/s1. The molecule has 4 rings (SSSR count). The van der Waals surface area contributed by atoms with Gasteiger partial charge in [-0.3, -0.25) is 0 Å². The number of allylic oxidation sites excluding steroid dienone is 2. The molecule has 3 fully saturated rings. The molecule has 0 aromatic carbocycles. The summed E-state index contributed by atoms with van der Waals surface area (Å²) in [6.45, 7) is 2.53. The molecule has 0 radical (unpaired) electrons. The normalized spacial score (nSPS) is 51.1. The molecular formula is C18H28. The molecule has 0 heterocycles. The Bertz CT molecular complexity index is 353. The molecule has 0 nitrogen and oxygen atoms in total. The van der Waals surface area contributed by atoms with Crippen molar-refractivity contribution in [3.05, 3.63) is 11.6 Å². The zero-order chi connectivity index (χ0) is 12.1. The minimum Gasteiger partial charge on any atom is -0.0848 e. The van der Waals surface area contributed by atoms with Gasteiger partial charge in [0.2, 0.25) is 0 Å². The second-order valence-corrected chi connectivity index (χ2v) is 7.64. The summed E-state index contributed by atoms with van der Waals surface area (Å²) in [5.41, 5.74) is 1.89. The molecule has 0 aliphatic heterocycles. The van der Waals surface area contributed by atoms with Gasteiger partial charge in [0.1, 0.15) is 0 Å². The van der Waals surface area contributed by atoms with E-state index in [0.29, 0.717) is 0 Å². The molecule has 0 unspecified atom stereocenters. The van der Waals surface area contributed by atoms with E-state index in [2.05, 4.69) is 13.0 Å². The van der Waals surface area contributed by atoms with Crippen molar-refractivity contribution in [2.45, 2.75) is 64.7 Å². The van der Waals surface area contributed by atoms with E-state index in [9.17, 15) is 0 Å². The lowest BCUT2D eigenvalue weighted by Gasteiger charge is -2.51. The maximum Gasteiger partial charge on any atom is -0.0169 e. The monoisotopic (exact) mass is 244 g/mol. The van der Waals surface area contributed by atoms with Crippen LogP contribution in [0.1, 0.15) is 64.7 Å². The summed E-state index contributed by atoms with van der Waals surface area (Å²) in [5, 5.41) is 0. The van der Waals surface area contributed by atoms with Crippen LogP contribution in [0.5, 0.6) is 0 Å². The first-order chi connectivity index (χ1) is 8.84. The molecule has 4 aliphatic carbocycles. The van der Waals surface area contributed by atoms with E-state index in [-0.39, 0.29) is 0 Å². The molecule has 0 bridgehead atoms. The summed E-state index contributed by atoms with van der Waals surface area (Å²) in [6, 6.07) is 0. The maximum absolute atomic E-state index is 2.63. The van der Waals surface area contributed by atoms with Crippen molar-refractivity contribution < 1.29 is 0 Å². The lowest BCUT2D eigenvalue weighted by atomic mass is 9.54. The fourth-order valence-corrected chi connectivity index (χ4v) is 6.27. The maximum atomic E-state index is 2.63. The molecule has 0 heteroatoms. The van der Waals surface area contributed by atoms with Gasteiger partial charge in [0.25, 0.3) is 0 Å². The van der Waals surface area contributed by atoms with Crippen molar-refractivity contribution in [3.63, 3.8) is 0 Å². The Kier molecular flexibility index (Phi) is 2.82. The van der Waals surface area contributed by atoms with Crippen LogP contribution in [0.15, 0.2) is 11.6 Å². The van der Waals surface area contributed by atoms with Gasteiger partial charge < -0.3 is 0 Å². The number of fused-ring (bicyclic) bond motifs is 5. The highest BCUT2D eigenvalue weighted by atomic mass is 14.5. The van der Waals surface area contributed by atoms with Gasteiger partial charge in [0.15, 0.2) is 0 Å². The van der Waals surface area contributed by atoms with Crippen molar-refractivity contribution in [1.29, 1.82) is 0 Å². The molecule has 100 valence electrons. The van der Waals surface area contributed by atoms with Gasteiger partial charge in [-0.05, 0) is 80.5 Å². The Hall–Kier alpha value is -0.260. The van der Waals surface area contributed by atoms with Crippen LogP contribution in [-0.4, -0.2) is 0 Å². The molecule has 4 aliphatic rings. The molecule has 0 spiro atoms. The van der Waals surface area contributed by atoms with Crippen LogP contribution >= 0.6 is 0 Å². The Labute approximate surface area is 112 Å². The summed E-state index contributed by atoms with van der Waals surface area (Å²) in [4.78, 5) is 0. The van der Waals surface area contributed by atoms with E-state index < -0.39 is 0 Å². The quantitative estimate of drug-likeness (QED) is 0.514. The highest BCUT2D eigenvalue weighted by molar-refractivity contribution is 5.19. The van der Waals surface area contributed by atoms with Gasteiger partial charge in [0.05, 0.1) is 0 Å². The van der Waals surface area contributed by atoms with Crippen LogP contribution in [-0.2, 0) is 0 Å². The molecule has 0 aromatic rings. The van der Waals surface area contributed by atoms with E-state index in [1.165, 1.54) is 25.7 Å². The highest BCUT2D eigenvalue weighted by Gasteiger charge is 2.48. The van der Waals surface area contributed by atoms with E-state index in [0.717, 1.165) is 35.5 Å². The fourth-order valence-electron chi connectivity index (χ4n) is 6.27. The summed E-state index contributed by atoms with van der Waals surface area (Å²) >= 11 is 0. The minimum atomic E-state index is 0.913. The van der Waals surface area contributed by atoms with Crippen LogP contribution in [0.25, 0.3) is 0 Å². The highest BCUT2D eigenvalue weighted by Crippen LogP contribution is 2.58. The van der Waals surface area contributed by atoms with E-state index in [4.69, 9.17) is 0 Å². The van der Waals surface area contributed by atoms with Gasteiger partial charge in [-0.15, -0.1) is 0 Å². The van der Waals surface area contributed by atoms with Crippen molar-refractivity contribution in [1.82, 2.24) is 0 Å². The second-order valence-electron chi connectivity index (χ2n) is 7.64. The van der Waals surface area contributed by atoms with Crippen molar-refractivity contribution in [2.24, 2.45) is 35.5 Å². The minimum absolute atomic E-state index is 0.913. The lowest BCUT2D eigenvalue weighted by molar-refractivity contribution is 0.0336. The van der Waals surface area contributed by atoms with E-state index in [1.807, 2.05) is 5.57 Å². The Balaban J connectivity index is 1.64. The van der Waals surface area contributed by atoms with Crippen LogP contribution in [0.2, 0.25) is 0 Å². The molecular weight excluding hydrogens is 216 g/mol. The van der Waals surface area contributed by atoms with Crippen molar-refractivity contribution >= 4 is 0 Å². The van der Waals surface area contributed by atoms with Gasteiger partial charge in [0, 0.05) is 0 Å². The number of rotatable bonds is 0. The summed E-state index contributed by atoms with van der Waals surface area (Å²) in [7, 11) is 0. The molecule has 6 atom stereocenters. The predicted molar refractivity (Wildman–Crippen MR) is 76.3 cm³/mol. The van der Waals surface area contributed by atoms with Gasteiger partial charge in [-0.1, -0.05) is 31.4 Å². The fraction of sp³-hybridized carbons (Fsp3) is 0.889. The topological polar surface area (TPSA) is 0 Å². The van der Waals surface area contributed by atoms with E-state index >= 15 is 0 Å². The first kappa shape index (κ1) is 11.6. The molecule has 0 amide bonds. The molecule has 0 N–H and O–H groups in total. The zero-order valence-corrected chi connectivity index (χ0v) is 11.9. The first-order valence-electron chi connectivity index (χ1n) is 8.54. The van der Waals surface area contributed by atoms with Crippen LogP contribution < -0.4 is 0 Å². The van der Waals surface area contributed by atoms with Gasteiger partial charge in [-0.2, -0.15) is 0 Å². The molecule has 18 heavy (non-hydrogen) atoms. The summed E-state index contributed by atoms with van der Waals surface area (Å²) < 4.78 is 0. The second kappa shape index (κ2) is 4.39. The first-order valence-corrected chi connectivity index (χ1v) is 8.54. The van der Waals surface area contributed by atoms with Crippen LogP contribution in [0.4, 0.5) is 0 Å². The summed E-state index contributed by atoms with van der Waals surface area (Å²) in [6.07, 6.45) is 16.4. The largest absolute Gasteiger partial charge is 0.0848 e. The van der Waals surface area contributed by atoms with E-state index in [1.54, 1.807) is 32.1 Å². The van der Waals surface area contributed by atoms with Crippen molar-refractivity contribution in [2.75, 3.05) is 0 Å². The predicted octanol–water partition coefficient (Wildman–Crippen LogP) is 5.20. The molecule has 0 saturated heterocycles. The molecule has 0 aromatic heterocycles. The third kappa shape index (κ3) is 1.63. The average molecular weight is 244 g/mol. The van der Waals surface area contributed by atoms with Crippen LogP contribution in [0.3, 0.4) is 0 Å². The Morgan fingerprint density at radius 1 is 0.889 bits per heavy atom. The third-order valence-electron chi connectivity index (χ3n) is 6.93. The third-order valence-corrected chi connectivity index (χ3v) is 6.93. The van der Waals surface area contributed by atoms with Gasteiger partial charge >= 0.3 is 0 Å². The zero-order valence-electron chi connectivity index (χ0n) is 11.9. The number of hydrogen-bond acceptors (Lipinski definition) is 0. The molecule has 3 saturated carbocycles. The van der Waals surface area contributed by atoms with Gasteiger partial charge in [-0.25, -0.2) is 0 Å². The average Bonchev–Trinajstić information content (AvgIpc) is 2.88. The van der Waals surface area contributed by atoms with Crippen LogP contribution in [0, 0.1) is 35.5 Å². The smallest absolute Gasteiger partial charge is 0.0169 e. The SMILES string of the molecule is C[C@H]1C[C@H]2[C@@H]3CCC[C@H]3CC[C@@H]2[C@H]2CCCC=C12. The Morgan fingerprint density at radius 3 is 2.78 bits per heavy atom. The Morgan fingerprint density at radius 2 is 1.83 bits per heavy atom. The number of hydrogen-bond donors (Lipinski definition) is 0. The van der Waals surface area contributed by atoms with Crippen molar-refractivity contribution in [3.8, 4) is 0 Å². The summed E-state index contributed by atoms with van der Waals surface area (Å²) in [5.74, 6) is 6.39. The lowest BCUT2D eigenvalue weighted by Crippen LogP contribution is -2.42.